The van der Waals surface area contributed by atoms with Gasteiger partial charge in [-0.1, -0.05) is 73.5 Å². The highest BCUT2D eigenvalue weighted by molar-refractivity contribution is 5.96. The first kappa shape index (κ1) is 43.2. The van der Waals surface area contributed by atoms with Gasteiger partial charge >= 0.3 is 18.6 Å². The van der Waals surface area contributed by atoms with Crippen LogP contribution in [0, 0.1) is 5.82 Å². The van der Waals surface area contributed by atoms with E-state index in [1.807, 2.05) is 18.2 Å². The molecule has 4 aromatic carbocycles. The number of hydrogen-bond acceptors (Lipinski definition) is 8. The van der Waals surface area contributed by atoms with Crippen LogP contribution in [0.3, 0.4) is 0 Å². The van der Waals surface area contributed by atoms with Crippen molar-refractivity contribution >= 4 is 17.8 Å². The third-order valence-electron chi connectivity index (χ3n) is 8.81. The van der Waals surface area contributed by atoms with Crippen LogP contribution in [0.1, 0.15) is 85.8 Å². The maximum Gasteiger partial charge on any atom is 0.387 e. The Hall–Kier alpha value is -5.52. The Bertz CT molecular complexity index is 1850. The predicted molar refractivity (Wildman–Crippen MR) is 207 cm³/mol. The molecule has 9 nitrogen and oxygen atoms in total. The molecule has 0 aliphatic carbocycles. The Morgan fingerprint density at radius 1 is 0.661 bits per heavy atom. The number of aryl methyl sites for hydroxylation is 1. The minimum Gasteiger partial charge on any atom is -0.493 e. The maximum atomic E-state index is 15.8. The average molecular weight is 778 g/mol. The molecule has 4 aromatic rings. The van der Waals surface area contributed by atoms with Crippen molar-refractivity contribution in [2.45, 2.75) is 84.8 Å². The third kappa shape index (κ3) is 14.0. The standard InChI is InChI=1S/C44H50F3NO8/c1-3-52-40(49)23-15-27-54-38-22-14-20-31(35(38)24-25-41(50)53-4-2)16-8-5-6-13-26-55-39-29-34(28-36(42(39)45)32-17-9-7-10-18-32)43(51)48-30-33-19-11-12-21-37(33)56-44(46)47/h7,9-12,14,17-22,28-29,44H,3-6,8,13,15-16,23-27,30H2,1-2H3,(H,48,51). The van der Waals surface area contributed by atoms with Gasteiger partial charge in [-0.05, 0) is 86.9 Å². The van der Waals surface area contributed by atoms with Crippen molar-refractivity contribution in [3.63, 3.8) is 0 Å². The van der Waals surface area contributed by atoms with Crippen LogP contribution in [-0.4, -0.2) is 50.9 Å². The molecule has 0 aliphatic rings. The second-order valence-electron chi connectivity index (χ2n) is 12.8. The van der Waals surface area contributed by atoms with Crippen molar-refractivity contribution < 1.29 is 51.2 Å². The van der Waals surface area contributed by atoms with E-state index in [-0.39, 0.29) is 60.6 Å². The van der Waals surface area contributed by atoms with E-state index >= 15 is 4.39 Å². The van der Waals surface area contributed by atoms with E-state index in [1.54, 1.807) is 62.4 Å². The van der Waals surface area contributed by atoms with Crippen LogP contribution in [0.2, 0.25) is 0 Å². The minimum atomic E-state index is -3.02. The molecule has 0 fully saturated rings. The molecule has 300 valence electrons. The number of amides is 1. The van der Waals surface area contributed by atoms with Gasteiger partial charge in [0.2, 0.25) is 0 Å². The number of nitrogens with one attached hydrogen (secondary N) is 1. The number of alkyl halides is 2. The molecule has 0 spiro atoms. The topological polar surface area (TPSA) is 109 Å². The average Bonchev–Trinajstić information content (AvgIpc) is 3.19. The lowest BCUT2D eigenvalue weighted by Crippen LogP contribution is -2.23. The highest BCUT2D eigenvalue weighted by Crippen LogP contribution is 2.32. The molecule has 0 aromatic heterocycles. The Labute approximate surface area is 326 Å². The summed E-state index contributed by atoms with van der Waals surface area (Å²) in [5.41, 5.74) is 3.28. The van der Waals surface area contributed by atoms with Crippen molar-refractivity contribution in [1.82, 2.24) is 5.32 Å². The molecule has 0 saturated carbocycles. The van der Waals surface area contributed by atoms with Gasteiger partial charge in [0, 0.05) is 36.1 Å². The fourth-order valence-corrected chi connectivity index (χ4v) is 6.11. The number of carbonyl (C=O) groups is 3. The van der Waals surface area contributed by atoms with Gasteiger partial charge in [0.1, 0.15) is 11.5 Å². The summed E-state index contributed by atoms with van der Waals surface area (Å²) in [6, 6.07) is 23.6. The van der Waals surface area contributed by atoms with Crippen LogP contribution < -0.4 is 19.5 Å². The van der Waals surface area contributed by atoms with Crippen LogP contribution >= 0.6 is 0 Å². The molecule has 1 amide bonds. The molecule has 56 heavy (non-hydrogen) atoms. The van der Waals surface area contributed by atoms with Gasteiger partial charge in [-0.2, -0.15) is 8.78 Å². The monoisotopic (exact) mass is 777 g/mol. The molecule has 1 N–H and O–H groups in total. The van der Waals surface area contributed by atoms with Crippen LogP contribution in [0.4, 0.5) is 13.2 Å². The Balaban J connectivity index is 1.35. The third-order valence-corrected chi connectivity index (χ3v) is 8.81. The molecule has 12 heteroatoms. The molecule has 4 rings (SSSR count). The van der Waals surface area contributed by atoms with Crippen LogP contribution in [-0.2, 0) is 38.4 Å². The van der Waals surface area contributed by atoms with Gasteiger partial charge in [-0.3, -0.25) is 14.4 Å². The second kappa shape index (κ2) is 23.4. The Morgan fingerprint density at radius 3 is 2.05 bits per heavy atom. The van der Waals surface area contributed by atoms with Gasteiger partial charge in [0.05, 0.1) is 26.4 Å². The number of rotatable bonds is 24. The number of unbranched alkanes of at least 4 members (excludes halogenated alkanes) is 3. The van der Waals surface area contributed by atoms with E-state index in [2.05, 4.69) is 10.1 Å². The van der Waals surface area contributed by atoms with Crippen molar-refractivity contribution in [3.8, 4) is 28.4 Å². The molecule has 0 bridgehead atoms. The van der Waals surface area contributed by atoms with Crippen molar-refractivity contribution in [2.24, 2.45) is 0 Å². The summed E-state index contributed by atoms with van der Waals surface area (Å²) in [7, 11) is 0. The van der Waals surface area contributed by atoms with Gasteiger partial charge in [0.25, 0.3) is 5.91 Å². The van der Waals surface area contributed by atoms with E-state index in [1.165, 1.54) is 18.2 Å². The van der Waals surface area contributed by atoms with Gasteiger partial charge in [-0.15, -0.1) is 0 Å². The highest BCUT2D eigenvalue weighted by atomic mass is 19.3. The number of carbonyl (C=O) groups excluding carboxylic acids is 3. The van der Waals surface area contributed by atoms with Gasteiger partial charge < -0.3 is 29.0 Å². The van der Waals surface area contributed by atoms with E-state index in [9.17, 15) is 23.2 Å². The highest BCUT2D eigenvalue weighted by Gasteiger charge is 2.19. The summed E-state index contributed by atoms with van der Waals surface area (Å²) < 4.78 is 68.3. The Morgan fingerprint density at radius 2 is 1.30 bits per heavy atom. The number of ether oxygens (including phenoxy) is 5. The summed E-state index contributed by atoms with van der Waals surface area (Å²) >= 11 is 0. The maximum absolute atomic E-state index is 15.8. The lowest BCUT2D eigenvalue weighted by molar-refractivity contribution is -0.144. The number of halogens is 3. The van der Waals surface area contributed by atoms with Crippen LogP contribution in [0.25, 0.3) is 11.1 Å². The molecule has 0 unspecified atom stereocenters. The smallest absolute Gasteiger partial charge is 0.387 e. The fraction of sp³-hybridized carbons (Fsp3) is 0.386. The first-order valence-electron chi connectivity index (χ1n) is 19.1. The van der Waals surface area contributed by atoms with Crippen LogP contribution in [0.15, 0.2) is 84.9 Å². The van der Waals surface area contributed by atoms with Gasteiger partial charge in [-0.25, -0.2) is 4.39 Å². The zero-order valence-corrected chi connectivity index (χ0v) is 32.0. The lowest BCUT2D eigenvalue weighted by Gasteiger charge is -2.16. The molecule has 0 radical (unpaired) electrons. The second-order valence-corrected chi connectivity index (χ2v) is 12.8. The zero-order chi connectivity index (χ0) is 40.1. The van der Waals surface area contributed by atoms with E-state index in [4.69, 9.17) is 18.9 Å². The molecule has 0 aliphatic heterocycles. The van der Waals surface area contributed by atoms with Crippen LogP contribution in [0.5, 0.6) is 17.2 Å². The summed E-state index contributed by atoms with van der Waals surface area (Å²) in [5.74, 6) is -1.11. The zero-order valence-electron chi connectivity index (χ0n) is 32.0. The number of para-hydroxylation sites is 1. The first-order valence-corrected chi connectivity index (χ1v) is 19.1. The van der Waals surface area contributed by atoms with Crippen molar-refractivity contribution in [1.29, 1.82) is 0 Å². The van der Waals surface area contributed by atoms with E-state index in [0.29, 0.717) is 56.0 Å². The molecule has 0 atom stereocenters. The lowest BCUT2D eigenvalue weighted by atomic mass is 9.96. The summed E-state index contributed by atoms with van der Waals surface area (Å²) in [6.07, 6.45) is 5.36. The fourth-order valence-electron chi connectivity index (χ4n) is 6.11. The number of hydrogen-bond donors (Lipinski definition) is 1. The Kier molecular flexibility index (Phi) is 18.1. The summed E-state index contributed by atoms with van der Waals surface area (Å²) in [6.45, 7) is 1.63. The molecular weight excluding hydrogens is 727 g/mol. The molecule has 0 heterocycles. The quantitative estimate of drug-likeness (QED) is 0.0554. The van der Waals surface area contributed by atoms with E-state index in [0.717, 1.165) is 36.8 Å². The van der Waals surface area contributed by atoms with Gasteiger partial charge in [0.15, 0.2) is 11.6 Å². The normalized spacial score (nSPS) is 10.9. The van der Waals surface area contributed by atoms with Crippen molar-refractivity contribution in [3.05, 3.63) is 113 Å². The SMILES string of the molecule is CCOC(=O)CCCOc1cccc(CCCCCCOc2cc(C(=O)NCc3ccccc3OC(F)F)cc(-c3ccccc3)c2F)c1CCC(=O)OCC. The number of benzene rings is 4. The van der Waals surface area contributed by atoms with Crippen molar-refractivity contribution in [2.75, 3.05) is 26.4 Å². The first-order chi connectivity index (χ1) is 27.2. The van der Waals surface area contributed by atoms with E-state index < -0.39 is 18.3 Å². The predicted octanol–water partition coefficient (Wildman–Crippen LogP) is 9.42. The summed E-state index contributed by atoms with van der Waals surface area (Å²) in [4.78, 5) is 37.2. The molecular formula is C44H50F3NO8. The summed E-state index contributed by atoms with van der Waals surface area (Å²) in [5, 5.41) is 2.72. The number of esters is 2. The largest absolute Gasteiger partial charge is 0.493 e. The minimum absolute atomic E-state index is 0.0488. The molecule has 0 saturated heterocycles.